The van der Waals surface area contributed by atoms with E-state index in [0.717, 1.165) is 5.06 Å². The molecule has 14 heteroatoms. The van der Waals surface area contributed by atoms with Gasteiger partial charge in [-0.25, -0.2) is 13.4 Å². The van der Waals surface area contributed by atoms with E-state index in [-0.39, 0.29) is 49.4 Å². The molecule has 1 aromatic carbocycles. The molecule has 1 atom stereocenters. The minimum Gasteiger partial charge on any atom is -0.436 e. The van der Waals surface area contributed by atoms with E-state index in [1.807, 2.05) is 0 Å². The number of aromatic nitrogens is 2. The molecule has 0 saturated carbocycles. The Balaban J connectivity index is 1.27. The Labute approximate surface area is 236 Å². The summed E-state index contributed by atoms with van der Waals surface area (Å²) in [5, 5.41) is 11.6. The third-order valence-corrected chi connectivity index (χ3v) is 9.54. The molecule has 216 valence electrons. The number of ether oxygens (including phenoxy) is 1. The first-order valence-electron chi connectivity index (χ1n) is 13.4. The Hall–Kier alpha value is -3.74. The van der Waals surface area contributed by atoms with Crippen molar-refractivity contribution in [2.45, 2.75) is 30.5 Å². The number of aromatic amines is 1. The number of piperazine rings is 1. The van der Waals surface area contributed by atoms with E-state index in [1.54, 1.807) is 29.2 Å². The van der Waals surface area contributed by atoms with Gasteiger partial charge in [0.2, 0.25) is 5.91 Å². The molecule has 0 aliphatic carbocycles. The van der Waals surface area contributed by atoms with E-state index in [0.29, 0.717) is 67.2 Å². The minimum atomic E-state index is -3.99. The third kappa shape index (κ3) is 5.34. The Morgan fingerprint density at radius 3 is 2.73 bits per heavy atom. The van der Waals surface area contributed by atoms with Crippen LogP contribution < -0.4 is 0 Å². The maximum Gasteiger partial charge on any atom is 0.310 e. The van der Waals surface area contributed by atoms with Crippen LogP contribution in [-0.2, 0) is 32.5 Å². The van der Waals surface area contributed by atoms with Crippen LogP contribution in [0.3, 0.4) is 0 Å². The average molecular weight is 583 g/mol. The van der Waals surface area contributed by atoms with Crippen molar-refractivity contribution in [3.8, 4) is 12.3 Å². The molecule has 3 aromatic rings. The average Bonchev–Trinajstić information content (AvgIpc) is 3.61. The van der Waals surface area contributed by atoms with Gasteiger partial charge in [-0.1, -0.05) is 5.92 Å². The number of amides is 2. The van der Waals surface area contributed by atoms with E-state index in [4.69, 9.17) is 15.6 Å². The molecule has 5 heterocycles. The molecule has 3 aliphatic heterocycles. The van der Waals surface area contributed by atoms with Gasteiger partial charge in [0.1, 0.15) is 10.8 Å². The predicted molar refractivity (Wildman–Crippen MR) is 144 cm³/mol. The van der Waals surface area contributed by atoms with Crippen LogP contribution in [0, 0.1) is 12.3 Å². The number of hydroxylamine groups is 2. The number of hydrogen-bond acceptors (Lipinski definition) is 9. The summed E-state index contributed by atoms with van der Waals surface area (Å²) in [4.78, 5) is 37.3. The van der Waals surface area contributed by atoms with Crippen molar-refractivity contribution in [1.29, 1.82) is 0 Å². The number of benzene rings is 1. The van der Waals surface area contributed by atoms with Gasteiger partial charge in [0.05, 0.1) is 31.5 Å². The topological polar surface area (TPSA) is 153 Å². The fourth-order valence-electron chi connectivity index (χ4n) is 5.50. The lowest BCUT2D eigenvalue weighted by Crippen LogP contribution is -2.58. The van der Waals surface area contributed by atoms with Crippen molar-refractivity contribution in [2.24, 2.45) is 0 Å². The number of carbonyl (C=O) groups is 2. The summed E-state index contributed by atoms with van der Waals surface area (Å²) in [5.41, 5.74) is 1.87. The zero-order valence-electron chi connectivity index (χ0n) is 22.3. The fraction of sp³-hybridized carbons (Fsp3) is 0.444. The number of sulfonamides is 1. The van der Waals surface area contributed by atoms with Crippen LogP contribution >= 0.6 is 0 Å². The van der Waals surface area contributed by atoms with Gasteiger partial charge in [-0.05, 0) is 24.3 Å². The van der Waals surface area contributed by atoms with Gasteiger partial charge in [-0.3, -0.25) is 9.59 Å². The summed E-state index contributed by atoms with van der Waals surface area (Å²) in [7, 11) is -3.99. The highest BCUT2D eigenvalue weighted by Gasteiger charge is 2.40. The summed E-state index contributed by atoms with van der Waals surface area (Å²) >= 11 is 0. The maximum atomic E-state index is 13.7. The van der Waals surface area contributed by atoms with Gasteiger partial charge in [0.25, 0.3) is 15.9 Å². The SMILES string of the molecule is C#Cc1ccc2[nH]c(S(=O)(=O)N3CCN(C(=O)c4nc5c(o4)CN(O)CC5)C(CC(=O)N4CCOCC4)C3)cc2c1. The number of morpholine rings is 1. The molecule has 3 aliphatic rings. The molecule has 2 fully saturated rings. The Morgan fingerprint density at radius 1 is 1.15 bits per heavy atom. The fourth-order valence-corrected chi connectivity index (χ4v) is 6.98. The normalized spacial score (nSPS) is 20.6. The first-order valence-corrected chi connectivity index (χ1v) is 14.9. The van der Waals surface area contributed by atoms with Crippen LogP contribution in [0.5, 0.6) is 0 Å². The Morgan fingerprint density at radius 2 is 1.95 bits per heavy atom. The van der Waals surface area contributed by atoms with Crippen molar-refractivity contribution in [2.75, 3.05) is 52.5 Å². The lowest BCUT2D eigenvalue weighted by atomic mass is 10.1. The maximum absolute atomic E-state index is 13.7. The van der Waals surface area contributed by atoms with Crippen LogP contribution in [0.4, 0.5) is 0 Å². The first kappa shape index (κ1) is 27.4. The second-order valence-electron chi connectivity index (χ2n) is 10.3. The number of nitrogens with zero attached hydrogens (tertiary/aromatic N) is 5. The van der Waals surface area contributed by atoms with Crippen molar-refractivity contribution >= 4 is 32.7 Å². The van der Waals surface area contributed by atoms with E-state index >= 15 is 0 Å². The van der Waals surface area contributed by atoms with Gasteiger partial charge in [-0.15, -0.1) is 6.42 Å². The third-order valence-electron chi connectivity index (χ3n) is 7.75. The van der Waals surface area contributed by atoms with Crippen LogP contribution in [-0.4, -0.2) is 113 Å². The van der Waals surface area contributed by atoms with Crippen molar-refractivity contribution in [3.63, 3.8) is 0 Å². The highest BCUT2D eigenvalue weighted by atomic mass is 32.2. The molecule has 6 rings (SSSR count). The molecule has 2 amide bonds. The molecule has 13 nitrogen and oxygen atoms in total. The predicted octanol–water partition coefficient (Wildman–Crippen LogP) is 0.649. The summed E-state index contributed by atoms with van der Waals surface area (Å²) in [6.07, 6.45) is 5.85. The van der Waals surface area contributed by atoms with Crippen LogP contribution in [0.25, 0.3) is 10.9 Å². The molecule has 0 radical (unpaired) electrons. The van der Waals surface area contributed by atoms with Crippen LogP contribution in [0.1, 0.15) is 34.1 Å². The van der Waals surface area contributed by atoms with Gasteiger partial charge >= 0.3 is 5.91 Å². The van der Waals surface area contributed by atoms with Crippen molar-refractivity contribution in [3.05, 3.63) is 47.2 Å². The van der Waals surface area contributed by atoms with Crippen LogP contribution in [0.2, 0.25) is 0 Å². The molecular weight excluding hydrogens is 552 g/mol. The summed E-state index contributed by atoms with van der Waals surface area (Å²) in [6, 6.07) is 5.98. The zero-order chi connectivity index (χ0) is 28.7. The number of fused-ring (bicyclic) bond motifs is 2. The van der Waals surface area contributed by atoms with Gasteiger partial charge in [0.15, 0.2) is 0 Å². The number of oxazole rings is 1. The lowest BCUT2D eigenvalue weighted by molar-refractivity contribution is -0.136. The van der Waals surface area contributed by atoms with E-state index < -0.39 is 22.0 Å². The highest BCUT2D eigenvalue weighted by molar-refractivity contribution is 7.89. The van der Waals surface area contributed by atoms with E-state index in [9.17, 15) is 23.2 Å². The van der Waals surface area contributed by atoms with E-state index in [1.165, 1.54) is 9.21 Å². The molecule has 1 unspecified atom stereocenters. The number of hydrogen-bond donors (Lipinski definition) is 2. The smallest absolute Gasteiger partial charge is 0.310 e. The largest absolute Gasteiger partial charge is 0.436 e. The lowest BCUT2D eigenvalue weighted by Gasteiger charge is -2.40. The van der Waals surface area contributed by atoms with Gasteiger partial charge in [-0.2, -0.15) is 9.37 Å². The second-order valence-corrected chi connectivity index (χ2v) is 12.2. The second kappa shape index (κ2) is 10.9. The molecule has 2 N–H and O–H groups in total. The molecule has 2 aromatic heterocycles. The van der Waals surface area contributed by atoms with Gasteiger partial charge < -0.3 is 29.1 Å². The summed E-state index contributed by atoms with van der Waals surface area (Å²) in [5.74, 6) is 2.12. The molecule has 2 saturated heterocycles. The number of H-pyrrole nitrogens is 1. The number of rotatable bonds is 5. The quantitative estimate of drug-likeness (QED) is 0.413. The standard InChI is InChI=1S/C27H30N6O7S/c1-2-18-3-4-21-19(13-18)14-24(28-21)41(37,38)32-7-8-33(20(16-32)15-25(34)30-9-11-39-12-10-30)27(35)26-29-22-5-6-31(36)17-23(22)40-26/h1,3-4,13-14,20,28,36H,5-12,15-17H2. The van der Waals surface area contributed by atoms with Crippen molar-refractivity contribution in [1.82, 2.24) is 29.1 Å². The highest BCUT2D eigenvalue weighted by Crippen LogP contribution is 2.27. The number of terminal acetylenes is 1. The van der Waals surface area contributed by atoms with Crippen molar-refractivity contribution < 1.29 is 32.4 Å². The summed E-state index contributed by atoms with van der Waals surface area (Å²) in [6.45, 7) is 2.18. The first-order chi connectivity index (χ1) is 19.7. The Kier molecular flexibility index (Phi) is 7.30. The zero-order valence-corrected chi connectivity index (χ0v) is 23.1. The molecule has 0 spiro atoms. The number of nitrogens with one attached hydrogen (secondary N) is 1. The molecule has 41 heavy (non-hydrogen) atoms. The molecule has 0 bridgehead atoms. The van der Waals surface area contributed by atoms with Crippen LogP contribution in [0.15, 0.2) is 33.7 Å². The monoisotopic (exact) mass is 582 g/mol. The summed E-state index contributed by atoms with van der Waals surface area (Å²) < 4.78 is 39.8. The minimum absolute atomic E-state index is 0.00800. The number of carbonyl (C=O) groups excluding carboxylic acids is 2. The Bertz CT molecular complexity index is 1630. The van der Waals surface area contributed by atoms with E-state index in [2.05, 4.69) is 15.9 Å². The molecular formula is C27H30N6O7S. The van der Waals surface area contributed by atoms with Gasteiger partial charge in [0, 0.05) is 68.6 Å².